The third-order valence-electron chi connectivity index (χ3n) is 4.56. The van der Waals surface area contributed by atoms with Gasteiger partial charge in [0, 0.05) is 5.69 Å². The van der Waals surface area contributed by atoms with Gasteiger partial charge in [0.05, 0.1) is 29.3 Å². The summed E-state index contributed by atoms with van der Waals surface area (Å²) in [7, 11) is 0. The van der Waals surface area contributed by atoms with Crippen molar-refractivity contribution < 1.29 is 14.3 Å². The number of benzene rings is 1. The molecule has 0 aliphatic heterocycles. The van der Waals surface area contributed by atoms with Crippen molar-refractivity contribution in [2.45, 2.75) is 39.8 Å². The molecule has 0 fully saturated rings. The van der Waals surface area contributed by atoms with Crippen LogP contribution in [0.1, 0.15) is 50.2 Å². The summed E-state index contributed by atoms with van der Waals surface area (Å²) in [5.74, 6) is -0.431. The van der Waals surface area contributed by atoms with E-state index < -0.39 is 5.97 Å². The van der Waals surface area contributed by atoms with Gasteiger partial charge in [-0.3, -0.25) is 4.79 Å². The maximum Gasteiger partial charge on any atom is 0.340 e. The van der Waals surface area contributed by atoms with E-state index in [1.165, 1.54) is 11.8 Å². The third-order valence-corrected chi connectivity index (χ3v) is 5.48. The Morgan fingerprint density at radius 2 is 1.97 bits per heavy atom. The number of Topliss-reactive ketones (excluding diaryl/α,β-unsaturated/α-hetero) is 1. The Kier molecular flexibility index (Phi) is 6.17. The molecule has 0 bridgehead atoms. The fraction of sp³-hybridized carbons (Fsp3) is 0.350. The SMILES string of the molecule is CCOC(=O)c1c(C)[nH]c(C(=O)CSc2nnnn2-c2cc(C)ccc2C)c1C. The number of hydrogen-bond donors (Lipinski definition) is 1. The van der Waals surface area contributed by atoms with Crippen molar-refractivity contribution in [1.29, 1.82) is 0 Å². The third kappa shape index (κ3) is 4.24. The normalized spacial score (nSPS) is 10.9. The highest BCUT2D eigenvalue weighted by molar-refractivity contribution is 7.99. The zero-order valence-electron chi connectivity index (χ0n) is 17.1. The van der Waals surface area contributed by atoms with Crippen LogP contribution in [0.3, 0.4) is 0 Å². The van der Waals surface area contributed by atoms with Gasteiger partial charge in [0.1, 0.15) is 0 Å². The lowest BCUT2D eigenvalue weighted by atomic mass is 10.1. The highest BCUT2D eigenvalue weighted by Crippen LogP contribution is 2.24. The van der Waals surface area contributed by atoms with Gasteiger partial charge in [0.25, 0.3) is 0 Å². The number of tetrazole rings is 1. The van der Waals surface area contributed by atoms with Gasteiger partial charge in [-0.2, -0.15) is 4.68 Å². The van der Waals surface area contributed by atoms with Crippen molar-refractivity contribution in [2.24, 2.45) is 0 Å². The highest BCUT2D eigenvalue weighted by atomic mass is 32.2. The van der Waals surface area contributed by atoms with E-state index in [9.17, 15) is 9.59 Å². The van der Waals surface area contributed by atoms with Crippen LogP contribution >= 0.6 is 11.8 Å². The van der Waals surface area contributed by atoms with Crippen molar-refractivity contribution in [2.75, 3.05) is 12.4 Å². The first-order valence-electron chi connectivity index (χ1n) is 9.21. The molecule has 1 aromatic carbocycles. The Balaban J connectivity index is 1.80. The summed E-state index contributed by atoms with van der Waals surface area (Å²) < 4.78 is 6.72. The molecule has 0 saturated heterocycles. The van der Waals surface area contributed by atoms with E-state index in [-0.39, 0.29) is 18.1 Å². The van der Waals surface area contributed by atoms with Crippen LogP contribution in [-0.2, 0) is 4.74 Å². The topological polar surface area (TPSA) is 103 Å². The van der Waals surface area contributed by atoms with Crippen molar-refractivity contribution in [3.8, 4) is 5.69 Å². The molecule has 9 heteroatoms. The summed E-state index contributed by atoms with van der Waals surface area (Å²) in [6, 6.07) is 6.03. The summed E-state index contributed by atoms with van der Waals surface area (Å²) in [6.07, 6.45) is 0. The molecule has 8 nitrogen and oxygen atoms in total. The number of rotatable bonds is 7. The largest absolute Gasteiger partial charge is 0.462 e. The molecule has 0 radical (unpaired) electrons. The van der Waals surface area contributed by atoms with Gasteiger partial charge in [-0.25, -0.2) is 4.79 Å². The molecule has 152 valence electrons. The predicted molar refractivity (Wildman–Crippen MR) is 110 cm³/mol. The Morgan fingerprint density at radius 3 is 2.69 bits per heavy atom. The van der Waals surface area contributed by atoms with Crippen LogP contribution in [0.15, 0.2) is 23.4 Å². The number of nitrogens with one attached hydrogen (secondary N) is 1. The van der Waals surface area contributed by atoms with E-state index in [0.29, 0.717) is 27.7 Å². The molecule has 2 aromatic heterocycles. The van der Waals surface area contributed by atoms with Gasteiger partial charge in [-0.15, -0.1) is 5.10 Å². The minimum absolute atomic E-state index is 0.133. The minimum atomic E-state index is -0.427. The van der Waals surface area contributed by atoms with Gasteiger partial charge in [0.2, 0.25) is 5.16 Å². The molecule has 0 spiro atoms. The number of carbonyl (C=O) groups is 2. The number of aryl methyl sites for hydroxylation is 3. The number of H-pyrrole nitrogens is 1. The quantitative estimate of drug-likeness (QED) is 0.360. The Morgan fingerprint density at radius 1 is 1.21 bits per heavy atom. The molecule has 29 heavy (non-hydrogen) atoms. The fourth-order valence-electron chi connectivity index (χ4n) is 3.11. The molecule has 1 N–H and O–H groups in total. The maximum absolute atomic E-state index is 12.8. The second-order valence-corrected chi connectivity index (χ2v) is 7.66. The van der Waals surface area contributed by atoms with Gasteiger partial charge < -0.3 is 9.72 Å². The highest BCUT2D eigenvalue weighted by Gasteiger charge is 2.23. The van der Waals surface area contributed by atoms with Gasteiger partial charge >= 0.3 is 5.97 Å². The fourth-order valence-corrected chi connectivity index (χ4v) is 3.86. The molecule has 0 saturated carbocycles. The Hall–Kier alpha value is -2.94. The van der Waals surface area contributed by atoms with Gasteiger partial charge in [-0.05, 0) is 67.8 Å². The second kappa shape index (κ2) is 8.60. The predicted octanol–water partition coefficient (Wildman–Crippen LogP) is 3.38. The Labute approximate surface area is 173 Å². The molecule has 2 heterocycles. The lowest BCUT2D eigenvalue weighted by molar-refractivity contribution is 0.0525. The zero-order valence-corrected chi connectivity index (χ0v) is 17.9. The zero-order chi connectivity index (χ0) is 21.1. The number of hydrogen-bond acceptors (Lipinski definition) is 7. The van der Waals surface area contributed by atoms with Crippen LogP contribution in [0.25, 0.3) is 5.69 Å². The first-order chi connectivity index (χ1) is 13.8. The van der Waals surface area contributed by atoms with E-state index in [0.717, 1.165) is 16.8 Å². The molecule has 0 atom stereocenters. The number of ether oxygens (including phenoxy) is 1. The van der Waals surface area contributed by atoms with Gasteiger partial charge in [-0.1, -0.05) is 23.9 Å². The summed E-state index contributed by atoms with van der Waals surface area (Å²) >= 11 is 1.25. The molecule has 3 rings (SSSR count). The van der Waals surface area contributed by atoms with Crippen molar-refractivity contribution in [3.05, 3.63) is 51.8 Å². The first-order valence-corrected chi connectivity index (χ1v) is 10.2. The van der Waals surface area contributed by atoms with E-state index >= 15 is 0 Å². The van der Waals surface area contributed by atoms with Crippen LogP contribution in [0.4, 0.5) is 0 Å². The average Bonchev–Trinajstić information content (AvgIpc) is 3.26. The van der Waals surface area contributed by atoms with E-state index in [1.807, 2.05) is 32.0 Å². The summed E-state index contributed by atoms with van der Waals surface area (Å²) in [5.41, 5.74) is 5.05. The molecular formula is C20H23N5O3S. The summed E-state index contributed by atoms with van der Waals surface area (Å²) in [4.78, 5) is 28.0. The van der Waals surface area contributed by atoms with Crippen LogP contribution in [0, 0.1) is 27.7 Å². The van der Waals surface area contributed by atoms with E-state index in [4.69, 9.17) is 4.74 Å². The second-order valence-electron chi connectivity index (χ2n) is 6.72. The number of aromatic nitrogens is 5. The van der Waals surface area contributed by atoms with Crippen molar-refractivity contribution in [3.63, 3.8) is 0 Å². The number of carbonyl (C=O) groups excluding carboxylic acids is 2. The Bertz CT molecular complexity index is 1070. The number of aromatic amines is 1. The van der Waals surface area contributed by atoms with Crippen molar-refractivity contribution >= 4 is 23.5 Å². The van der Waals surface area contributed by atoms with Crippen LogP contribution in [0.2, 0.25) is 0 Å². The standard InChI is InChI=1S/C20H23N5O3S/c1-6-28-19(27)17-13(4)18(21-14(17)5)16(26)10-29-20-22-23-24-25(20)15-9-11(2)7-8-12(15)3/h7-9,21H,6,10H2,1-5H3. The number of esters is 1. The van der Waals surface area contributed by atoms with Crippen LogP contribution in [-0.4, -0.2) is 49.3 Å². The molecule has 0 aliphatic carbocycles. The summed E-state index contributed by atoms with van der Waals surface area (Å²) in [5, 5.41) is 12.4. The maximum atomic E-state index is 12.8. The lowest BCUT2D eigenvalue weighted by Gasteiger charge is -2.08. The lowest BCUT2D eigenvalue weighted by Crippen LogP contribution is -2.09. The average molecular weight is 414 g/mol. The first kappa shape index (κ1) is 20.8. The number of ketones is 1. The summed E-state index contributed by atoms with van der Waals surface area (Å²) in [6.45, 7) is 9.51. The van der Waals surface area contributed by atoms with Gasteiger partial charge in [0.15, 0.2) is 5.78 Å². The van der Waals surface area contributed by atoms with Crippen LogP contribution < -0.4 is 0 Å². The minimum Gasteiger partial charge on any atom is -0.462 e. The number of thioether (sulfide) groups is 1. The van der Waals surface area contributed by atoms with Crippen molar-refractivity contribution in [1.82, 2.24) is 25.2 Å². The van der Waals surface area contributed by atoms with E-state index in [1.54, 1.807) is 25.5 Å². The smallest absolute Gasteiger partial charge is 0.340 e. The molecule has 0 amide bonds. The van der Waals surface area contributed by atoms with Crippen LogP contribution in [0.5, 0.6) is 0 Å². The monoisotopic (exact) mass is 413 g/mol. The molecule has 3 aromatic rings. The molecule has 0 unspecified atom stereocenters. The van der Waals surface area contributed by atoms with E-state index in [2.05, 4.69) is 20.5 Å². The molecule has 0 aliphatic rings. The molecular weight excluding hydrogens is 390 g/mol. The number of nitrogens with zero attached hydrogens (tertiary/aromatic N) is 4.